The van der Waals surface area contributed by atoms with Crippen molar-refractivity contribution in [3.8, 4) is 10.4 Å². The first kappa shape index (κ1) is 21.2. The van der Waals surface area contributed by atoms with Crippen LogP contribution in [0.25, 0.3) is 10.4 Å². The van der Waals surface area contributed by atoms with Crippen molar-refractivity contribution < 1.29 is 8.42 Å². The van der Waals surface area contributed by atoms with Crippen LogP contribution in [-0.2, 0) is 23.0 Å². The molecule has 154 valence electrons. The van der Waals surface area contributed by atoms with Crippen LogP contribution in [0.4, 0.5) is 5.82 Å². The Labute approximate surface area is 174 Å². The summed E-state index contributed by atoms with van der Waals surface area (Å²) in [4.78, 5) is 21.7. The fourth-order valence-electron chi connectivity index (χ4n) is 2.83. The molecule has 0 spiro atoms. The van der Waals surface area contributed by atoms with Crippen molar-refractivity contribution in [2.24, 2.45) is 0 Å². The second-order valence-electron chi connectivity index (χ2n) is 6.88. The average Bonchev–Trinajstić information content (AvgIpc) is 3.18. The van der Waals surface area contributed by atoms with Gasteiger partial charge in [0.05, 0.1) is 0 Å². The summed E-state index contributed by atoms with van der Waals surface area (Å²) in [6.07, 6.45) is 2.27. The lowest BCUT2D eigenvalue weighted by Gasteiger charge is -2.11. The molecule has 0 aliphatic carbocycles. The molecule has 0 fully saturated rings. The van der Waals surface area contributed by atoms with E-state index >= 15 is 0 Å². The van der Waals surface area contributed by atoms with Gasteiger partial charge in [0.25, 0.3) is 5.56 Å². The maximum Gasteiger partial charge on any atom is 0.251 e. The molecule has 3 aromatic heterocycles. The highest BCUT2D eigenvalue weighted by atomic mass is 32.2. The predicted molar refractivity (Wildman–Crippen MR) is 117 cm³/mol. The summed E-state index contributed by atoms with van der Waals surface area (Å²) in [7, 11) is 0.141. The summed E-state index contributed by atoms with van der Waals surface area (Å²) in [6.45, 7) is 3.89. The molecule has 0 aromatic carbocycles. The van der Waals surface area contributed by atoms with E-state index in [1.807, 2.05) is 51.0 Å². The lowest BCUT2D eigenvalue weighted by Crippen LogP contribution is -2.22. The van der Waals surface area contributed by atoms with Crippen LogP contribution in [0.5, 0.6) is 0 Å². The normalized spacial score (nSPS) is 11.6. The number of rotatable bonds is 7. The minimum atomic E-state index is -3.65. The van der Waals surface area contributed by atoms with E-state index in [1.54, 1.807) is 18.3 Å². The Bertz CT molecular complexity index is 1160. The third-order valence-electron chi connectivity index (χ3n) is 4.54. The number of aromatic amines is 1. The van der Waals surface area contributed by atoms with Crippen LogP contribution in [-0.4, -0.2) is 32.5 Å². The SMILES string of the molecule is CCc1cc(-c2ccc(S(=O)(=O)NCc3ccc(N(C)C)nc3)s2)c(C)[nH]c1=O. The molecule has 3 rings (SSSR count). The van der Waals surface area contributed by atoms with Gasteiger partial charge in [0.15, 0.2) is 0 Å². The number of pyridine rings is 2. The number of aryl methyl sites for hydroxylation is 2. The fourth-order valence-corrected chi connectivity index (χ4v) is 5.27. The van der Waals surface area contributed by atoms with Crippen LogP contribution < -0.4 is 15.2 Å². The van der Waals surface area contributed by atoms with Crippen LogP contribution >= 0.6 is 11.3 Å². The van der Waals surface area contributed by atoms with Crippen molar-refractivity contribution in [2.45, 2.75) is 31.0 Å². The molecule has 0 bridgehead atoms. The van der Waals surface area contributed by atoms with E-state index in [1.165, 1.54) is 11.3 Å². The first-order chi connectivity index (χ1) is 13.7. The summed E-state index contributed by atoms with van der Waals surface area (Å²) in [5.41, 5.74) is 2.92. The lowest BCUT2D eigenvalue weighted by molar-refractivity contribution is 0.583. The fraction of sp³-hybridized carbons (Fsp3) is 0.300. The highest BCUT2D eigenvalue weighted by Gasteiger charge is 2.18. The van der Waals surface area contributed by atoms with Gasteiger partial charge in [-0.05, 0) is 43.2 Å². The van der Waals surface area contributed by atoms with Gasteiger partial charge in [-0.3, -0.25) is 4.79 Å². The van der Waals surface area contributed by atoms with Gasteiger partial charge in [-0.15, -0.1) is 11.3 Å². The van der Waals surface area contributed by atoms with Crippen molar-refractivity contribution in [3.63, 3.8) is 0 Å². The molecule has 7 nitrogen and oxygen atoms in total. The number of hydrogen-bond donors (Lipinski definition) is 2. The van der Waals surface area contributed by atoms with Crippen molar-refractivity contribution in [3.05, 3.63) is 63.7 Å². The standard InChI is InChI=1S/C20H24N4O3S2/c1-5-15-10-16(13(2)23-20(15)25)17-7-9-19(28-17)29(26,27)22-12-14-6-8-18(21-11-14)24(3)4/h6-11,22H,5,12H2,1-4H3,(H,23,25). The Balaban J connectivity index is 1.79. The molecule has 0 aliphatic rings. The van der Waals surface area contributed by atoms with Crippen LogP contribution in [0.3, 0.4) is 0 Å². The zero-order valence-electron chi connectivity index (χ0n) is 16.8. The molecular weight excluding hydrogens is 408 g/mol. The van der Waals surface area contributed by atoms with Crippen molar-refractivity contribution in [1.29, 1.82) is 0 Å². The zero-order valence-corrected chi connectivity index (χ0v) is 18.4. The summed E-state index contributed by atoms with van der Waals surface area (Å²) in [5, 5.41) is 0. The molecule has 0 atom stereocenters. The molecule has 0 radical (unpaired) electrons. The molecule has 0 saturated carbocycles. The summed E-state index contributed by atoms with van der Waals surface area (Å²) < 4.78 is 28.3. The number of aromatic nitrogens is 2. The minimum Gasteiger partial charge on any atom is -0.363 e. The smallest absolute Gasteiger partial charge is 0.251 e. The molecule has 9 heteroatoms. The highest BCUT2D eigenvalue weighted by Crippen LogP contribution is 2.32. The van der Waals surface area contributed by atoms with E-state index in [9.17, 15) is 13.2 Å². The molecular formula is C20H24N4O3S2. The quantitative estimate of drug-likeness (QED) is 0.599. The van der Waals surface area contributed by atoms with Crippen molar-refractivity contribution in [2.75, 3.05) is 19.0 Å². The van der Waals surface area contributed by atoms with Crippen molar-refractivity contribution in [1.82, 2.24) is 14.7 Å². The lowest BCUT2D eigenvalue weighted by atomic mass is 10.1. The highest BCUT2D eigenvalue weighted by molar-refractivity contribution is 7.91. The van der Waals surface area contributed by atoms with E-state index in [0.29, 0.717) is 12.0 Å². The number of H-pyrrole nitrogens is 1. The van der Waals surface area contributed by atoms with E-state index in [0.717, 1.165) is 27.5 Å². The molecule has 29 heavy (non-hydrogen) atoms. The van der Waals surface area contributed by atoms with Gasteiger partial charge in [-0.2, -0.15) is 0 Å². The van der Waals surface area contributed by atoms with Gasteiger partial charge in [0, 0.05) is 48.5 Å². The van der Waals surface area contributed by atoms with E-state index in [2.05, 4.69) is 14.7 Å². The summed E-state index contributed by atoms with van der Waals surface area (Å²) in [5.74, 6) is 0.808. The number of hydrogen-bond acceptors (Lipinski definition) is 6. The van der Waals surface area contributed by atoms with Crippen LogP contribution in [0.2, 0.25) is 0 Å². The Morgan fingerprint density at radius 3 is 2.59 bits per heavy atom. The Kier molecular flexibility index (Phi) is 6.21. The van der Waals surface area contributed by atoms with Crippen LogP contribution in [0.1, 0.15) is 23.7 Å². The van der Waals surface area contributed by atoms with E-state index in [4.69, 9.17) is 0 Å². The molecule has 2 N–H and O–H groups in total. The van der Waals surface area contributed by atoms with Gasteiger partial charge >= 0.3 is 0 Å². The summed E-state index contributed by atoms with van der Waals surface area (Å²) in [6, 6.07) is 8.89. The second kappa shape index (κ2) is 8.48. The molecule has 0 aliphatic heterocycles. The van der Waals surface area contributed by atoms with Gasteiger partial charge in [0.1, 0.15) is 10.0 Å². The molecule has 0 unspecified atom stereocenters. The van der Waals surface area contributed by atoms with Gasteiger partial charge in [-0.25, -0.2) is 18.1 Å². The molecule has 3 aromatic rings. The zero-order chi connectivity index (χ0) is 21.2. The van der Waals surface area contributed by atoms with Gasteiger partial charge in [0.2, 0.25) is 10.0 Å². The Morgan fingerprint density at radius 2 is 1.97 bits per heavy atom. The van der Waals surface area contributed by atoms with Crippen LogP contribution in [0, 0.1) is 6.92 Å². The maximum atomic E-state index is 12.7. The topological polar surface area (TPSA) is 95.2 Å². The molecule has 0 amide bonds. The molecule has 3 heterocycles. The monoisotopic (exact) mass is 432 g/mol. The summed E-state index contributed by atoms with van der Waals surface area (Å²) >= 11 is 1.18. The number of nitrogens with one attached hydrogen (secondary N) is 2. The molecule has 0 saturated heterocycles. The van der Waals surface area contributed by atoms with Gasteiger partial charge in [-0.1, -0.05) is 13.0 Å². The number of thiophene rings is 1. The Hall–Kier alpha value is -2.49. The number of anilines is 1. The third-order valence-corrected chi connectivity index (χ3v) is 7.55. The van der Waals surface area contributed by atoms with E-state index in [-0.39, 0.29) is 16.3 Å². The third kappa shape index (κ3) is 4.75. The maximum absolute atomic E-state index is 12.7. The first-order valence-corrected chi connectivity index (χ1v) is 11.5. The first-order valence-electron chi connectivity index (χ1n) is 9.16. The van der Waals surface area contributed by atoms with Crippen molar-refractivity contribution >= 4 is 27.2 Å². The van der Waals surface area contributed by atoms with Gasteiger partial charge < -0.3 is 9.88 Å². The average molecular weight is 433 g/mol. The second-order valence-corrected chi connectivity index (χ2v) is 9.96. The largest absolute Gasteiger partial charge is 0.363 e. The minimum absolute atomic E-state index is 0.103. The Morgan fingerprint density at radius 1 is 1.21 bits per heavy atom. The van der Waals surface area contributed by atoms with Crippen LogP contribution in [0.15, 0.2) is 45.5 Å². The predicted octanol–water partition coefficient (Wildman–Crippen LogP) is 2.91. The number of nitrogens with zero attached hydrogens (tertiary/aromatic N) is 2. The van der Waals surface area contributed by atoms with E-state index < -0.39 is 10.0 Å². The number of sulfonamides is 1.